The van der Waals surface area contributed by atoms with E-state index >= 15 is 0 Å². The molecule has 0 radical (unpaired) electrons. The Bertz CT molecular complexity index is 546. The average Bonchev–Trinajstić information content (AvgIpc) is 2.47. The van der Waals surface area contributed by atoms with Gasteiger partial charge in [-0.2, -0.15) is 0 Å². The summed E-state index contributed by atoms with van der Waals surface area (Å²) in [4.78, 5) is 22.5. The van der Waals surface area contributed by atoms with Crippen LogP contribution in [0.2, 0.25) is 5.02 Å². The summed E-state index contributed by atoms with van der Waals surface area (Å²) in [6.45, 7) is 2.08. The van der Waals surface area contributed by atoms with Gasteiger partial charge in [-0.3, -0.25) is 10.1 Å². The van der Waals surface area contributed by atoms with E-state index in [1.54, 1.807) is 0 Å². The SMILES string of the molecule is CCC1CCCCC1OC(=O)c1cccc([N+](=O)[O-])c1Cl. The number of carbonyl (C=O) groups is 1. The molecule has 2 atom stereocenters. The Morgan fingerprint density at radius 3 is 2.81 bits per heavy atom. The van der Waals surface area contributed by atoms with Crippen molar-refractivity contribution < 1.29 is 14.5 Å². The van der Waals surface area contributed by atoms with E-state index in [1.807, 2.05) is 0 Å². The molecule has 1 saturated carbocycles. The second-order valence-electron chi connectivity index (χ2n) is 5.29. The van der Waals surface area contributed by atoms with Crippen molar-refractivity contribution in [3.05, 3.63) is 38.9 Å². The first kappa shape index (κ1) is 15.8. The zero-order valence-electron chi connectivity index (χ0n) is 11.9. The van der Waals surface area contributed by atoms with Crippen LogP contribution in [0.15, 0.2) is 18.2 Å². The molecule has 0 heterocycles. The number of benzene rings is 1. The fourth-order valence-corrected chi connectivity index (χ4v) is 3.09. The minimum atomic E-state index is -0.603. The molecule has 0 bridgehead atoms. The molecule has 114 valence electrons. The van der Waals surface area contributed by atoms with Crippen molar-refractivity contribution in [1.82, 2.24) is 0 Å². The zero-order chi connectivity index (χ0) is 15.4. The first-order valence-corrected chi connectivity index (χ1v) is 7.56. The second-order valence-corrected chi connectivity index (χ2v) is 5.67. The standard InChI is InChI=1S/C15H18ClNO4/c1-2-10-6-3-4-9-13(10)21-15(18)11-7-5-8-12(14(11)16)17(19)20/h5,7-8,10,13H,2-4,6,9H2,1H3. The lowest BCUT2D eigenvalue weighted by Crippen LogP contribution is -2.29. The Labute approximate surface area is 128 Å². The van der Waals surface area contributed by atoms with E-state index in [2.05, 4.69) is 6.92 Å². The summed E-state index contributed by atoms with van der Waals surface area (Å²) in [6.07, 6.45) is 4.93. The molecule has 6 heteroatoms. The number of halogens is 1. The molecule has 1 aliphatic rings. The van der Waals surface area contributed by atoms with Crippen molar-refractivity contribution in [2.24, 2.45) is 5.92 Å². The van der Waals surface area contributed by atoms with E-state index in [0.29, 0.717) is 5.92 Å². The molecule has 0 aromatic heterocycles. The molecule has 0 aliphatic heterocycles. The summed E-state index contributed by atoms with van der Waals surface area (Å²) in [5.41, 5.74) is -0.215. The highest BCUT2D eigenvalue weighted by Crippen LogP contribution is 2.32. The minimum Gasteiger partial charge on any atom is -0.458 e. The number of rotatable bonds is 4. The number of esters is 1. The van der Waals surface area contributed by atoms with Crippen LogP contribution in [0.4, 0.5) is 5.69 Å². The summed E-state index contributed by atoms with van der Waals surface area (Å²) in [7, 11) is 0. The Balaban J connectivity index is 2.17. The van der Waals surface area contributed by atoms with Crippen molar-refractivity contribution in [3.8, 4) is 0 Å². The average molecular weight is 312 g/mol. The summed E-state index contributed by atoms with van der Waals surface area (Å²) in [5, 5.41) is 10.7. The number of nitro benzene ring substituents is 1. The number of nitro groups is 1. The van der Waals surface area contributed by atoms with Gasteiger partial charge in [-0.1, -0.05) is 31.0 Å². The van der Waals surface area contributed by atoms with E-state index < -0.39 is 10.9 Å². The van der Waals surface area contributed by atoms with E-state index in [1.165, 1.54) is 18.2 Å². The summed E-state index contributed by atoms with van der Waals surface area (Å²) < 4.78 is 5.55. The number of ether oxygens (including phenoxy) is 1. The van der Waals surface area contributed by atoms with E-state index in [4.69, 9.17) is 16.3 Å². The van der Waals surface area contributed by atoms with Gasteiger partial charge in [0.15, 0.2) is 0 Å². The minimum absolute atomic E-state index is 0.0614. The fourth-order valence-electron chi connectivity index (χ4n) is 2.82. The lowest BCUT2D eigenvalue weighted by molar-refractivity contribution is -0.384. The van der Waals surface area contributed by atoms with Crippen molar-refractivity contribution >= 4 is 23.3 Å². The smallest absolute Gasteiger partial charge is 0.340 e. The highest BCUT2D eigenvalue weighted by molar-refractivity contribution is 6.35. The van der Waals surface area contributed by atoms with Crippen LogP contribution in [0.1, 0.15) is 49.4 Å². The number of hydrogen-bond acceptors (Lipinski definition) is 4. The number of carbonyl (C=O) groups excluding carboxylic acids is 1. The molecule has 2 unspecified atom stereocenters. The molecule has 0 spiro atoms. The van der Waals surface area contributed by atoms with Gasteiger partial charge in [0.1, 0.15) is 11.1 Å². The van der Waals surface area contributed by atoms with Gasteiger partial charge in [0.2, 0.25) is 0 Å². The first-order valence-electron chi connectivity index (χ1n) is 7.18. The third-order valence-corrected chi connectivity index (χ3v) is 4.41. The molecule has 1 aromatic rings. The van der Waals surface area contributed by atoms with Crippen LogP contribution in [-0.2, 0) is 4.74 Å². The van der Waals surface area contributed by atoms with Gasteiger partial charge in [-0.25, -0.2) is 4.79 Å². The van der Waals surface area contributed by atoms with E-state index in [-0.39, 0.29) is 22.4 Å². The van der Waals surface area contributed by atoms with Gasteiger partial charge < -0.3 is 4.74 Å². The monoisotopic (exact) mass is 311 g/mol. The van der Waals surface area contributed by atoms with Crippen molar-refractivity contribution in [1.29, 1.82) is 0 Å². The molecular formula is C15H18ClNO4. The molecule has 5 nitrogen and oxygen atoms in total. The third-order valence-electron chi connectivity index (χ3n) is 4.02. The number of hydrogen-bond donors (Lipinski definition) is 0. The highest BCUT2D eigenvalue weighted by Gasteiger charge is 2.29. The second kappa shape index (κ2) is 6.89. The van der Waals surface area contributed by atoms with Gasteiger partial charge >= 0.3 is 5.97 Å². The molecule has 2 rings (SSSR count). The summed E-state index contributed by atoms with van der Waals surface area (Å²) in [6, 6.07) is 4.18. The summed E-state index contributed by atoms with van der Waals surface area (Å²) in [5.74, 6) is -0.214. The fraction of sp³-hybridized carbons (Fsp3) is 0.533. The highest BCUT2D eigenvalue weighted by atomic mass is 35.5. The number of nitrogens with zero attached hydrogens (tertiary/aromatic N) is 1. The van der Waals surface area contributed by atoms with Gasteiger partial charge in [0.25, 0.3) is 5.69 Å². The molecule has 1 aliphatic carbocycles. The van der Waals surface area contributed by atoms with Crippen LogP contribution in [0.3, 0.4) is 0 Å². The third kappa shape index (κ3) is 3.53. The quantitative estimate of drug-likeness (QED) is 0.470. The zero-order valence-corrected chi connectivity index (χ0v) is 12.6. The predicted molar refractivity (Wildman–Crippen MR) is 79.6 cm³/mol. The molecular weight excluding hydrogens is 294 g/mol. The largest absolute Gasteiger partial charge is 0.458 e. The Kier molecular flexibility index (Phi) is 5.17. The molecule has 21 heavy (non-hydrogen) atoms. The first-order chi connectivity index (χ1) is 10.0. The van der Waals surface area contributed by atoms with Crippen LogP contribution in [0.5, 0.6) is 0 Å². The molecule has 1 fully saturated rings. The molecule has 0 saturated heterocycles. The van der Waals surface area contributed by atoms with Gasteiger partial charge in [-0.05, 0) is 37.7 Å². The lowest BCUT2D eigenvalue weighted by Gasteiger charge is -2.30. The van der Waals surface area contributed by atoms with E-state index in [9.17, 15) is 14.9 Å². The van der Waals surface area contributed by atoms with Crippen LogP contribution >= 0.6 is 11.6 Å². The maximum absolute atomic E-state index is 12.2. The van der Waals surface area contributed by atoms with E-state index in [0.717, 1.165) is 32.1 Å². The lowest BCUT2D eigenvalue weighted by atomic mass is 9.85. The Morgan fingerprint density at radius 1 is 1.43 bits per heavy atom. The van der Waals surface area contributed by atoms with Crippen LogP contribution in [-0.4, -0.2) is 17.0 Å². The van der Waals surface area contributed by atoms with Crippen LogP contribution in [0, 0.1) is 16.0 Å². The van der Waals surface area contributed by atoms with Gasteiger partial charge in [0, 0.05) is 6.07 Å². The molecule has 1 aromatic carbocycles. The molecule has 0 N–H and O–H groups in total. The van der Waals surface area contributed by atoms with Gasteiger partial charge in [-0.15, -0.1) is 0 Å². The van der Waals surface area contributed by atoms with Crippen LogP contribution < -0.4 is 0 Å². The van der Waals surface area contributed by atoms with Crippen LogP contribution in [0.25, 0.3) is 0 Å². The topological polar surface area (TPSA) is 69.4 Å². The van der Waals surface area contributed by atoms with Gasteiger partial charge in [0.05, 0.1) is 10.5 Å². The van der Waals surface area contributed by atoms with Crippen molar-refractivity contribution in [2.45, 2.75) is 45.1 Å². The van der Waals surface area contributed by atoms with Crippen molar-refractivity contribution in [3.63, 3.8) is 0 Å². The maximum atomic E-state index is 12.2. The maximum Gasteiger partial charge on any atom is 0.340 e. The normalized spacial score (nSPS) is 21.8. The Hall–Kier alpha value is -1.62. The summed E-state index contributed by atoms with van der Waals surface area (Å²) >= 11 is 5.94. The Morgan fingerprint density at radius 2 is 2.14 bits per heavy atom. The molecule has 0 amide bonds. The predicted octanol–water partition coefficient (Wildman–Crippen LogP) is 4.37. The van der Waals surface area contributed by atoms with Crippen molar-refractivity contribution in [2.75, 3.05) is 0 Å².